The summed E-state index contributed by atoms with van der Waals surface area (Å²) in [7, 11) is 0. The third-order valence-corrected chi connectivity index (χ3v) is 1.42. The number of carbonyl (C=O) groups excluding carboxylic acids is 1. The largest absolute Gasteiger partial charge is 0.481 e. The molecule has 0 aliphatic rings. The van der Waals surface area contributed by atoms with E-state index in [4.69, 9.17) is 9.84 Å². The molecule has 0 amide bonds. The zero-order valence-electron chi connectivity index (χ0n) is 7.37. The predicted molar refractivity (Wildman–Crippen MR) is 43.0 cm³/mol. The van der Waals surface area contributed by atoms with E-state index in [1.54, 1.807) is 13.8 Å². The van der Waals surface area contributed by atoms with Crippen LogP contribution in [0.25, 0.3) is 0 Å². The number of Topliss-reactive ketones (excluding diaryl/α,β-unsaturated/α-hetero) is 1. The fourth-order valence-electron chi connectivity index (χ4n) is 0.903. The number of rotatable bonds is 6. The number of carboxylic acid groups (broad SMARTS) is 1. The molecular formula is C8H14O4. The number of aliphatic carboxylic acids is 1. The van der Waals surface area contributed by atoms with Crippen molar-refractivity contribution in [3.8, 4) is 0 Å². The van der Waals surface area contributed by atoms with Crippen LogP contribution >= 0.6 is 0 Å². The molecule has 0 spiro atoms. The first-order valence-electron chi connectivity index (χ1n) is 3.97. The normalized spacial score (nSPS) is 12.5. The average Bonchev–Trinajstić information content (AvgIpc) is 1.98. The van der Waals surface area contributed by atoms with Crippen LogP contribution in [0.5, 0.6) is 0 Å². The molecule has 0 rings (SSSR count). The molecule has 0 aliphatic heterocycles. The zero-order chi connectivity index (χ0) is 9.56. The van der Waals surface area contributed by atoms with Crippen molar-refractivity contribution >= 4 is 11.8 Å². The number of carboxylic acids is 1. The molecule has 0 aromatic rings. The summed E-state index contributed by atoms with van der Waals surface area (Å²) in [6.07, 6.45) is -0.468. The van der Waals surface area contributed by atoms with Crippen LogP contribution in [0.4, 0.5) is 0 Å². The summed E-state index contributed by atoms with van der Waals surface area (Å²) in [6, 6.07) is 0. The molecule has 1 atom stereocenters. The van der Waals surface area contributed by atoms with Crippen molar-refractivity contribution in [3.05, 3.63) is 0 Å². The number of ether oxygens (including phenoxy) is 1. The van der Waals surface area contributed by atoms with Crippen LogP contribution < -0.4 is 0 Å². The predicted octanol–water partition coefficient (Wildman–Crippen LogP) is 0.845. The third kappa shape index (κ3) is 4.08. The van der Waals surface area contributed by atoms with Gasteiger partial charge in [0.15, 0.2) is 5.78 Å². The number of hydrogen-bond acceptors (Lipinski definition) is 3. The molecule has 1 unspecified atom stereocenters. The van der Waals surface area contributed by atoms with Crippen LogP contribution in [0.3, 0.4) is 0 Å². The molecule has 0 fully saturated rings. The second-order valence-electron chi connectivity index (χ2n) is 2.39. The molecule has 4 heteroatoms. The highest BCUT2D eigenvalue weighted by Crippen LogP contribution is 2.02. The topological polar surface area (TPSA) is 63.6 Å². The van der Waals surface area contributed by atoms with Crippen molar-refractivity contribution in [1.82, 2.24) is 0 Å². The quantitative estimate of drug-likeness (QED) is 0.606. The van der Waals surface area contributed by atoms with E-state index in [0.717, 1.165) is 0 Å². The SMILES string of the molecule is CCOC(CC)C(=O)CC(=O)O. The molecule has 12 heavy (non-hydrogen) atoms. The molecule has 0 bridgehead atoms. The van der Waals surface area contributed by atoms with Crippen LogP contribution in [0.2, 0.25) is 0 Å². The fourth-order valence-corrected chi connectivity index (χ4v) is 0.903. The van der Waals surface area contributed by atoms with Crippen LogP contribution in [-0.2, 0) is 14.3 Å². The molecule has 0 saturated carbocycles. The molecule has 0 heterocycles. The lowest BCUT2D eigenvalue weighted by atomic mass is 10.1. The van der Waals surface area contributed by atoms with E-state index < -0.39 is 18.5 Å². The van der Waals surface area contributed by atoms with Crippen molar-refractivity contribution < 1.29 is 19.4 Å². The van der Waals surface area contributed by atoms with E-state index in [-0.39, 0.29) is 5.78 Å². The van der Waals surface area contributed by atoms with Gasteiger partial charge in [-0.15, -0.1) is 0 Å². The maximum Gasteiger partial charge on any atom is 0.310 e. The van der Waals surface area contributed by atoms with Crippen LogP contribution in [-0.4, -0.2) is 29.6 Å². The lowest BCUT2D eigenvalue weighted by Gasteiger charge is -2.11. The standard InChI is InChI=1S/C8H14O4/c1-3-7(12-4-2)6(9)5-8(10)11/h7H,3-5H2,1-2H3,(H,10,11). The Kier molecular flexibility index (Phi) is 5.28. The van der Waals surface area contributed by atoms with Crippen molar-refractivity contribution in [3.63, 3.8) is 0 Å². The molecule has 4 nitrogen and oxygen atoms in total. The lowest BCUT2D eigenvalue weighted by Crippen LogP contribution is -2.25. The van der Waals surface area contributed by atoms with E-state index in [0.29, 0.717) is 13.0 Å². The number of ketones is 1. The van der Waals surface area contributed by atoms with Gasteiger partial charge in [0.25, 0.3) is 0 Å². The van der Waals surface area contributed by atoms with Gasteiger partial charge in [-0.1, -0.05) is 6.92 Å². The molecule has 0 aromatic carbocycles. The Morgan fingerprint density at radius 3 is 2.33 bits per heavy atom. The Hall–Kier alpha value is -0.900. The Bertz CT molecular complexity index is 164. The van der Waals surface area contributed by atoms with Gasteiger partial charge in [0, 0.05) is 6.61 Å². The van der Waals surface area contributed by atoms with Crippen molar-refractivity contribution in [1.29, 1.82) is 0 Å². The van der Waals surface area contributed by atoms with Gasteiger partial charge in [-0.25, -0.2) is 0 Å². The highest BCUT2D eigenvalue weighted by molar-refractivity contribution is 5.97. The fraction of sp³-hybridized carbons (Fsp3) is 0.750. The molecule has 0 saturated heterocycles. The summed E-state index contributed by atoms with van der Waals surface area (Å²) in [5, 5.41) is 8.32. The van der Waals surface area contributed by atoms with E-state index in [9.17, 15) is 9.59 Å². The summed E-state index contributed by atoms with van der Waals surface area (Å²) in [6.45, 7) is 4.00. The van der Waals surface area contributed by atoms with Gasteiger partial charge in [-0.2, -0.15) is 0 Å². The maximum absolute atomic E-state index is 11.1. The molecular weight excluding hydrogens is 160 g/mol. The molecule has 1 N–H and O–H groups in total. The molecule has 0 aromatic heterocycles. The van der Waals surface area contributed by atoms with Crippen LogP contribution in [0.1, 0.15) is 26.7 Å². The van der Waals surface area contributed by atoms with Crippen molar-refractivity contribution in [2.24, 2.45) is 0 Å². The van der Waals surface area contributed by atoms with E-state index >= 15 is 0 Å². The summed E-state index contributed by atoms with van der Waals surface area (Å²) < 4.78 is 5.04. The zero-order valence-corrected chi connectivity index (χ0v) is 7.37. The van der Waals surface area contributed by atoms with Crippen molar-refractivity contribution in [2.45, 2.75) is 32.8 Å². The summed E-state index contributed by atoms with van der Waals surface area (Å²) in [5.74, 6) is -1.45. The Balaban J connectivity index is 3.93. The van der Waals surface area contributed by atoms with Gasteiger partial charge < -0.3 is 9.84 Å². The second-order valence-corrected chi connectivity index (χ2v) is 2.39. The second kappa shape index (κ2) is 5.71. The lowest BCUT2D eigenvalue weighted by molar-refractivity contribution is -0.143. The summed E-state index contributed by atoms with van der Waals surface area (Å²) in [4.78, 5) is 21.2. The Morgan fingerprint density at radius 2 is 2.00 bits per heavy atom. The van der Waals surface area contributed by atoms with Gasteiger partial charge in [0.05, 0.1) is 0 Å². The minimum absolute atomic E-state index is 0.355. The van der Waals surface area contributed by atoms with Crippen molar-refractivity contribution in [2.75, 3.05) is 6.61 Å². The number of carbonyl (C=O) groups is 2. The molecule has 0 radical (unpaired) electrons. The smallest absolute Gasteiger partial charge is 0.310 e. The third-order valence-electron chi connectivity index (χ3n) is 1.42. The van der Waals surface area contributed by atoms with E-state index in [2.05, 4.69) is 0 Å². The van der Waals surface area contributed by atoms with Gasteiger partial charge in [-0.3, -0.25) is 9.59 Å². The van der Waals surface area contributed by atoms with Gasteiger partial charge in [-0.05, 0) is 13.3 Å². The Labute approximate surface area is 71.5 Å². The van der Waals surface area contributed by atoms with Gasteiger partial charge in [0.2, 0.25) is 0 Å². The molecule has 0 aliphatic carbocycles. The van der Waals surface area contributed by atoms with Crippen LogP contribution in [0.15, 0.2) is 0 Å². The summed E-state index contributed by atoms with van der Waals surface area (Å²) >= 11 is 0. The highest BCUT2D eigenvalue weighted by atomic mass is 16.5. The first-order valence-corrected chi connectivity index (χ1v) is 3.97. The first-order chi connectivity index (χ1) is 5.61. The first kappa shape index (κ1) is 11.1. The van der Waals surface area contributed by atoms with E-state index in [1.807, 2.05) is 0 Å². The molecule has 70 valence electrons. The Morgan fingerprint density at radius 1 is 1.42 bits per heavy atom. The minimum atomic E-state index is -1.10. The van der Waals surface area contributed by atoms with Gasteiger partial charge >= 0.3 is 5.97 Å². The summed E-state index contributed by atoms with van der Waals surface area (Å²) in [5.41, 5.74) is 0. The highest BCUT2D eigenvalue weighted by Gasteiger charge is 2.18. The van der Waals surface area contributed by atoms with Gasteiger partial charge in [0.1, 0.15) is 12.5 Å². The van der Waals surface area contributed by atoms with E-state index in [1.165, 1.54) is 0 Å². The van der Waals surface area contributed by atoms with Crippen LogP contribution in [0, 0.1) is 0 Å². The number of hydrogen-bond donors (Lipinski definition) is 1. The monoisotopic (exact) mass is 174 g/mol. The maximum atomic E-state index is 11.1. The average molecular weight is 174 g/mol. The minimum Gasteiger partial charge on any atom is -0.481 e.